The summed E-state index contributed by atoms with van der Waals surface area (Å²) in [6.07, 6.45) is 5.73. The van der Waals surface area contributed by atoms with E-state index in [1.165, 1.54) is 0 Å². The quantitative estimate of drug-likeness (QED) is 0.653. The lowest BCUT2D eigenvalue weighted by Crippen LogP contribution is -2.18. The highest BCUT2D eigenvalue weighted by atomic mass is 16.4. The summed E-state index contributed by atoms with van der Waals surface area (Å²) in [6, 6.07) is 0. The van der Waals surface area contributed by atoms with Gasteiger partial charge in [-0.1, -0.05) is 6.92 Å². The van der Waals surface area contributed by atoms with E-state index in [0.29, 0.717) is 19.5 Å². The number of hydrogen-bond acceptors (Lipinski definition) is 3. The van der Waals surface area contributed by atoms with Crippen molar-refractivity contribution in [2.24, 2.45) is 0 Å². The molecule has 5 nitrogen and oxygen atoms in total. The Morgan fingerprint density at radius 1 is 1.62 bits per heavy atom. The van der Waals surface area contributed by atoms with Gasteiger partial charge in [-0.05, 0) is 19.4 Å². The fraction of sp³-hybridized carbons (Fsp3) is 0.636. The highest BCUT2D eigenvalue weighted by molar-refractivity contribution is 5.66. The van der Waals surface area contributed by atoms with Crippen molar-refractivity contribution in [2.75, 3.05) is 6.54 Å². The Morgan fingerprint density at radius 3 is 3.12 bits per heavy atom. The molecule has 0 aliphatic rings. The summed E-state index contributed by atoms with van der Waals surface area (Å²) in [5.41, 5.74) is 0. The van der Waals surface area contributed by atoms with Gasteiger partial charge in [0, 0.05) is 25.4 Å². The second-order valence-corrected chi connectivity index (χ2v) is 3.71. The zero-order valence-electron chi connectivity index (χ0n) is 9.65. The SMILES string of the molecule is CCCn1ccnc1CNCCCC(=O)O. The molecule has 0 radical (unpaired) electrons. The molecule has 1 heterocycles. The molecule has 0 aromatic carbocycles. The minimum Gasteiger partial charge on any atom is -0.481 e. The molecule has 16 heavy (non-hydrogen) atoms. The Labute approximate surface area is 95.5 Å². The van der Waals surface area contributed by atoms with Crippen LogP contribution in [0.1, 0.15) is 32.0 Å². The van der Waals surface area contributed by atoms with E-state index in [-0.39, 0.29) is 6.42 Å². The first kappa shape index (κ1) is 12.7. The van der Waals surface area contributed by atoms with Crippen molar-refractivity contribution >= 4 is 5.97 Å². The average Bonchev–Trinajstić information content (AvgIpc) is 2.65. The van der Waals surface area contributed by atoms with Gasteiger partial charge in [-0.2, -0.15) is 0 Å². The zero-order chi connectivity index (χ0) is 11.8. The molecule has 0 unspecified atom stereocenters. The fourth-order valence-corrected chi connectivity index (χ4v) is 1.52. The average molecular weight is 225 g/mol. The molecule has 1 aromatic heterocycles. The van der Waals surface area contributed by atoms with Crippen molar-refractivity contribution in [1.29, 1.82) is 0 Å². The lowest BCUT2D eigenvalue weighted by atomic mass is 10.3. The van der Waals surface area contributed by atoms with Gasteiger partial charge in [0.15, 0.2) is 0 Å². The Morgan fingerprint density at radius 2 is 2.44 bits per heavy atom. The summed E-state index contributed by atoms with van der Waals surface area (Å²) >= 11 is 0. The minimum absolute atomic E-state index is 0.219. The van der Waals surface area contributed by atoms with Gasteiger partial charge in [0.25, 0.3) is 0 Å². The first-order valence-corrected chi connectivity index (χ1v) is 5.66. The monoisotopic (exact) mass is 225 g/mol. The van der Waals surface area contributed by atoms with Gasteiger partial charge < -0.3 is 15.0 Å². The van der Waals surface area contributed by atoms with Crippen LogP contribution < -0.4 is 5.32 Å². The maximum absolute atomic E-state index is 10.3. The van der Waals surface area contributed by atoms with Crippen LogP contribution in [0.4, 0.5) is 0 Å². The van der Waals surface area contributed by atoms with E-state index >= 15 is 0 Å². The fourth-order valence-electron chi connectivity index (χ4n) is 1.52. The minimum atomic E-state index is -0.741. The van der Waals surface area contributed by atoms with Crippen LogP contribution in [0, 0.1) is 0 Å². The third-order valence-electron chi connectivity index (χ3n) is 2.29. The first-order valence-electron chi connectivity index (χ1n) is 5.66. The maximum atomic E-state index is 10.3. The van der Waals surface area contributed by atoms with Gasteiger partial charge >= 0.3 is 5.97 Å². The number of nitrogens with one attached hydrogen (secondary N) is 1. The smallest absolute Gasteiger partial charge is 0.303 e. The van der Waals surface area contributed by atoms with Crippen molar-refractivity contribution in [2.45, 2.75) is 39.3 Å². The summed E-state index contributed by atoms with van der Waals surface area (Å²) in [5.74, 6) is 0.270. The molecule has 90 valence electrons. The van der Waals surface area contributed by atoms with E-state index in [2.05, 4.69) is 21.8 Å². The number of nitrogens with zero attached hydrogens (tertiary/aromatic N) is 2. The van der Waals surface area contributed by atoms with E-state index in [9.17, 15) is 4.79 Å². The van der Waals surface area contributed by atoms with Crippen LogP contribution in [0.5, 0.6) is 0 Å². The number of aryl methyl sites for hydroxylation is 1. The van der Waals surface area contributed by atoms with Crippen LogP contribution in [-0.2, 0) is 17.9 Å². The van der Waals surface area contributed by atoms with Crippen molar-refractivity contribution < 1.29 is 9.90 Å². The third kappa shape index (κ3) is 4.44. The molecule has 1 aromatic rings. The molecule has 0 aliphatic carbocycles. The van der Waals surface area contributed by atoms with Gasteiger partial charge in [0.1, 0.15) is 5.82 Å². The van der Waals surface area contributed by atoms with Crippen molar-refractivity contribution in [3.63, 3.8) is 0 Å². The molecular weight excluding hydrogens is 206 g/mol. The predicted molar refractivity (Wildman–Crippen MR) is 61.1 cm³/mol. The Kier molecular flexibility index (Phi) is 5.56. The lowest BCUT2D eigenvalue weighted by molar-refractivity contribution is -0.137. The second-order valence-electron chi connectivity index (χ2n) is 3.71. The number of carboxylic acid groups (broad SMARTS) is 1. The van der Waals surface area contributed by atoms with E-state index in [1.807, 2.05) is 6.20 Å². The highest BCUT2D eigenvalue weighted by Gasteiger charge is 2.01. The van der Waals surface area contributed by atoms with Crippen LogP contribution >= 0.6 is 0 Å². The molecule has 5 heteroatoms. The summed E-state index contributed by atoms with van der Waals surface area (Å²) < 4.78 is 2.12. The summed E-state index contributed by atoms with van der Waals surface area (Å²) in [4.78, 5) is 14.5. The molecule has 0 saturated carbocycles. The highest BCUT2D eigenvalue weighted by Crippen LogP contribution is 1.99. The molecule has 0 spiro atoms. The molecule has 2 N–H and O–H groups in total. The molecule has 0 saturated heterocycles. The summed E-state index contributed by atoms with van der Waals surface area (Å²) in [6.45, 7) is 4.52. The second kappa shape index (κ2) is 7.00. The summed E-state index contributed by atoms with van der Waals surface area (Å²) in [7, 11) is 0. The molecular formula is C11H19N3O2. The van der Waals surface area contributed by atoms with Gasteiger partial charge in [0.2, 0.25) is 0 Å². The first-order chi connectivity index (χ1) is 7.74. The molecule has 0 atom stereocenters. The van der Waals surface area contributed by atoms with E-state index in [1.54, 1.807) is 6.20 Å². The molecule has 0 fully saturated rings. The summed E-state index contributed by atoms with van der Waals surface area (Å²) in [5, 5.41) is 11.7. The van der Waals surface area contributed by atoms with Crippen molar-refractivity contribution in [3.8, 4) is 0 Å². The van der Waals surface area contributed by atoms with Gasteiger partial charge in [0.05, 0.1) is 6.54 Å². The number of hydrogen-bond donors (Lipinski definition) is 2. The standard InChI is InChI=1S/C11H19N3O2/c1-2-7-14-8-6-13-10(14)9-12-5-3-4-11(15)16/h6,8,12H,2-5,7,9H2,1H3,(H,15,16). The molecule has 1 rings (SSSR count). The molecule has 0 aliphatic heterocycles. The number of carboxylic acids is 1. The number of imidazole rings is 1. The number of aromatic nitrogens is 2. The molecule has 0 amide bonds. The maximum Gasteiger partial charge on any atom is 0.303 e. The van der Waals surface area contributed by atoms with Gasteiger partial charge in [-0.25, -0.2) is 4.98 Å². The van der Waals surface area contributed by atoms with Gasteiger partial charge in [-0.3, -0.25) is 4.79 Å². The van der Waals surface area contributed by atoms with E-state index in [4.69, 9.17) is 5.11 Å². The van der Waals surface area contributed by atoms with E-state index < -0.39 is 5.97 Å². The number of rotatable bonds is 8. The van der Waals surface area contributed by atoms with Gasteiger partial charge in [-0.15, -0.1) is 0 Å². The zero-order valence-corrected chi connectivity index (χ0v) is 9.65. The Hall–Kier alpha value is -1.36. The van der Waals surface area contributed by atoms with Crippen LogP contribution in [0.25, 0.3) is 0 Å². The predicted octanol–water partition coefficient (Wildman–Crippen LogP) is 1.25. The van der Waals surface area contributed by atoms with Crippen molar-refractivity contribution in [1.82, 2.24) is 14.9 Å². The van der Waals surface area contributed by atoms with Crippen LogP contribution in [-0.4, -0.2) is 27.2 Å². The number of aliphatic carboxylic acids is 1. The topological polar surface area (TPSA) is 67.2 Å². The molecule has 0 bridgehead atoms. The normalized spacial score (nSPS) is 10.6. The van der Waals surface area contributed by atoms with Crippen molar-refractivity contribution in [3.05, 3.63) is 18.2 Å². The lowest BCUT2D eigenvalue weighted by Gasteiger charge is -2.07. The van der Waals surface area contributed by atoms with Crippen LogP contribution in [0.3, 0.4) is 0 Å². The van der Waals surface area contributed by atoms with E-state index in [0.717, 1.165) is 18.8 Å². The van der Waals surface area contributed by atoms with Crippen LogP contribution in [0.2, 0.25) is 0 Å². The Balaban J connectivity index is 2.21. The Bertz CT molecular complexity index is 323. The third-order valence-corrected chi connectivity index (χ3v) is 2.29. The van der Waals surface area contributed by atoms with Crippen LogP contribution in [0.15, 0.2) is 12.4 Å². The number of carbonyl (C=O) groups is 1. The largest absolute Gasteiger partial charge is 0.481 e.